The summed E-state index contributed by atoms with van der Waals surface area (Å²) in [4.78, 5) is 2.97. The van der Waals surface area contributed by atoms with Gasteiger partial charge in [0.05, 0.1) is 6.04 Å². The molecule has 0 radical (unpaired) electrons. The standard InChI is InChI=1S/C12H12N2O2S/c15-10-1-2-11-8(6-10)5-9(7-16-11)14-4-3-13-12(14)17/h1-4,6,9,15H,5,7H2,(H,13,17). The number of hydrogen-bond acceptors (Lipinski definition) is 3. The summed E-state index contributed by atoms with van der Waals surface area (Å²) in [6, 6.07) is 5.37. The molecule has 2 N–H and O–H groups in total. The van der Waals surface area contributed by atoms with E-state index < -0.39 is 0 Å². The van der Waals surface area contributed by atoms with Crippen molar-refractivity contribution in [2.24, 2.45) is 0 Å². The predicted octanol–water partition coefficient (Wildman–Crippen LogP) is 2.43. The molecule has 0 amide bonds. The maximum absolute atomic E-state index is 9.47. The number of nitrogens with one attached hydrogen (secondary N) is 1. The first-order valence-corrected chi connectivity index (χ1v) is 5.85. The van der Waals surface area contributed by atoms with Gasteiger partial charge in [0.25, 0.3) is 0 Å². The van der Waals surface area contributed by atoms with E-state index in [0.29, 0.717) is 11.4 Å². The van der Waals surface area contributed by atoms with Gasteiger partial charge in [0, 0.05) is 18.8 Å². The number of rotatable bonds is 1. The average molecular weight is 248 g/mol. The third-order valence-electron chi connectivity index (χ3n) is 3.00. The van der Waals surface area contributed by atoms with E-state index in [2.05, 4.69) is 4.98 Å². The number of aromatic amines is 1. The van der Waals surface area contributed by atoms with Crippen LogP contribution >= 0.6 is 12.2 Å². The summed E-state index contributed by atoms with van der Waals surface area (Å²) < 4.78 is 8.36. The molecule has 0 bridgehead atoms. The van der Waals surface area contributed by atoms with Crippen LogP contribution in [0.4, 0.5) is 0 Å². The van der Waals surface area contributed by atoms with E-state index >= 15 is 0 Å². The van der Waals surface area contributed by atoms with Gasteiger partial charge in [-0.15, -0.1) is 0 Å². The Morgan fingerprint density at radius 3 is 3.12 bits per heavy atom. The van der Waals surface area contributed by atoms with Gasteiger partial charge in [-0.2, -0.15) is 0 Å². The summed E-state index contributed by atoms with van der Waals surface area (Å²) >= 11 is 5.19. The first-order chi connectivity index (χ1) is 8.24. The minimum Gasteiger partial charge on any atom is -0.508 e. The molecule has 88 valence electrons. The second-order valence-corrected chi connectivity index (χ2v) is 4.52. The number of hydrogen-bond donors (Lipinski definition) is 2. The summed E-state index contributed by atoms with van der Waals surface area (Å²) in [5.74, 6) is 1.12. The predicted molar refractivity (Wildman–Crippen MR) is 66.0 cm³/mol. The van der Waals surface area contributed by atoms with Gasteiger partial charge in [0.2, 0.25) is 0 Å². The molecular weight excluding hydrogens is 236 g/mol. The van der Waals surface area contributed by atoms with Crippen molar-refractivity contribution in [1.29, 1.82) is 0 Å². The molecule has 5 heteroatoms. The second-order valence-electron chi connectivity index (χ2n) is 4.13. The Morgan fingerprint density at radius 2 is 2.35 bits per heavy atom. The number of benzene rings is 1. The lowest BCUT2D eigenvalue weighted by molar-refractivity contribution is 0.222. The third-order valence-corrected chi connectivity index (χ3v) is 3.33. The van der Waals surface area contributed by atoms with Crippen LogP contribution in [0, 0.1) is 4.77 Å². The topological polar surface area (TPSA) is 50.2 Å². The van der Waals surface area contributed by atoms with Gasteiger partial charge in [0.1, 0.15) is 18.1 Å². The molecule has 1 unspecified atom stereocenters. The lowest BCUT2D eigenvalue weighted by Gasteiger charge is -2.26. The van der Waals surface area contributed by atoms with Gasteiger partial charge in [0.15, 0.2) is 4.77 Å². The molecule has 0 saturated heterocycles. The minimum absolute atomic E-state index is 0.183. The molecule has 0 saturated carbocycles. The fourth-order valence-corrected chi connectivity index (χ4v) is 2.44. The highest BCUT2D eigenvalue weighted by atomic mass is 32.1. The number of H-pyrrole nitrogens is 1. The Hall–Kier alpha value is -1.75. The molecule has 1 aliphatic rings. The summed E-state index contributed by atoms with van der Waals surface area (Å²) in [6.07, 6.45) is 4.56. The van der Waals surface area contributed by atoms with Gasteiger partial charge >= 0.3 is 0 Å². The van der Waals surface area contributed by atoms with E-state index in [1.165, 1.54) is 0 Å². The van der Waals surface area contributed by atoms with Gasteiger partial charge in [-0.25, -0.2) is 0 Å². The zero-order valence-corrected chi connectivity index (χ0v) is 9.91. The first kappa shape index (κ1) is 10.4. The van der Waals surface area contributed by atoms with Crippen molar-refractivity contribution in [3.05, 3.63) is 40.9 Å². The lowest BCUT2D eigenvalue weighted by Crippen LogP contribution is -2.24. The van der Waals surface area contributed by atoms with Crippen LogP contribution in [-0.2, 0) is 6.42 Å². The van der Waals surface area contributed by atoms with Crippen molar-refractivity contribution in [2.75, 3.05) is 6.61 Å². The number of fused-ring (bicyclic) bond motifs is 1. The highest BCUT2D eigenvalue weighted by Crippen LogP contribution is 2.32. The molecule has 1 atom stereocenters. The fraction of sp³-hybridized carbons (Fsp3) is 0.250. The van der Waals surface area contributed by atoms with Crippen LogP contribution in [0.1, 0.15) is 11.6 Å². The molecule has 0 spiro atoms. The highest BCUT2D eigenvalue weighted by Gasteiger charge is 2.21. The molecule has 2 heterocycles. The molecule has 1 aliphatic heterocycles. The SMILES string of the molecule is Oc1ccc2c(c1)CC(n1cc[nH]c1=S)CO2. The van der Waals surface area contributed by atoms with Gasteiger partial charge in [-0.05, 0) is 36.0 Å². The number of nitrogens with zero attached hydrogens (tertiary/aromatic N) is 1. The Labute approximate surface area is 103 Å². The van der Waals surface area contributed by atoms with Crippen LogP contribution in [0.3, 0.4) is 0 Å². The Bertz CT molecular complexity index is 603. The quantitative estimate of drug-likeness (QED) is 0.762. The molecule has 1 aromatic carbocycles. The van der Waals surface area contributed by atoms with Crippen LogP contribution in [-0.4, -0.2) is 21.3 Å². The van der Waals surface area contributed by atoms with Crippen LogP contribution in [0.25, 0.3) is 0 Å². The Morgan fingerprint density at radius 1 is 1.47 bits per heavy atom. The van der Waals surface area contributed by atoms with E-state index in [-0.39, 0.29) is 11.8 Å². The molecule has 1 aromatic heterocycles. The van der Waals surface area contributed by atoms with Crippen molar-refractivity contribution in [1.82, 2.24) is 9.55 Å². The van der Waals surface area contributed by atoms with Crippen molar-refractivity contribution >= 4 is 12.2 Å². The van der Waals surface area contributed by atoms with Crippen LogP contribution < -0.4 is 4.74 Å². The summed E-state index contributed by atoms with van der Waals surface area (Å²) in [7, 11) is 0. The summed E-state index contributed by atoms with van der Waals surface area (Å²) in [5.41, 5.74) is 1.02. The number of phenols is 1. The zero-order chi connectivity index (χ0) is 11.8. The summed E-state index contributed by atoms with van der Waals surface area (Å²) in [5, 5.41) is 9.47. The second kappa shape index (κ2) is 3.92. The molecule has 17 heavy (non-hydrogen) atoms. The van der Waals surface area contributed by atoms with Crippen LogP contribution in [0.15, 0.2) is 30.6 Å². The maximum atomic E-state index is 9.47. The molecular formula is C12H12N2O2S. The minimum atomic E-state index is 0.183. The smallest absolute Gasteiger partial charge is 0.177 e. The zero-order valence-electron chi connectivity index (χ0n) is 9.09. The highest BCUT2D eigenvalue weighted by molar-refractivity contribution is 7.71. The van der Waals surface area contributed by atoms with Gasteiger partial charge in [-0.1, -0.05) is 0 Å². The van der Waals surface area contributed by atoms with Crippen LogP contribution in [0.2, 0.25) is 0 Å². The molecule has 2 aromatic rings. The normalized spacial score (nSPS) is 18.5. The van der Waals surface area contributed by atoms with Crippen LogP contribution in [0.5, 0.6) is 11.5 Å². The number of imidazole rings is 1. The summed E-state index contributed by atoms with van der Waals surface area (Å²) in [6.45, 7) is 0.601. The van der Waals surface area contributed by atoms with Crippen molar-refractivity contribution in [3.8, 4) is 11.5 Å². The van der Waals surface area contributed by atoms with Crippen molar-refractivity contribution < 1.29 is 9.84 Å². The largest absolute Gasteiger partial charge is 0.508 e. The Balaban J connectivity index is 1.95. The molecule has 0 fully saturated rings. The molecule has 0 aliphatic carbocycles. The number of aromatic nitrogens is 2. The van der Waals surface area contributed by atoms with E-state index in [4.69, 9.17) is 17.0 Å². The number of phenolic OH excluding ortho intramolecular Hbond substituents is 1. The van der Waals surface area contributed by atoms with E-state index in [0.717, 1.165) is 17.7 Å². The lowest BCUT2D eigenvalue weighted by atomic mass is 10.0. The fourth-order valence-electron chi connectivity index (χ4n) is 2.16. The van der Waals surface area contributed by atoms with E-state index in [9.17, 15) is 5.11 Å². The van der Waals surface area contributed by atoms with E-state index in [1.807, 2.05) is 17.0 Å². The molecule has 3 rings (SSSR count). The Kier molecular flexibility index (Phi) is 2.40. The van der Waals surface area contributed by atoms with Crippen molar-refractivity contribution in [2.45, 2.75) is 12.5 Å². The van der Waals surface area contributed by atoms with Gasteiger partial charge < -0.3 is 19.4 Å². The average Bonchev–Trinajstić information content (AvgIpc) is 2.74. The maximum Gasteiger partial charge on any atom is 0.177 e. The van der Waals surface area contributed by atoms with Gasteiger partial charge in [-0.3, -0.25) is 0 Å². The van der Waals surface area contributed by atoms with Crippen molar-refractivity contribution in [3.63, 3.8) is 0 Å². The number of ether oxygens (including phenoxy) is 1. The monoisotopic (exact) mass is 248 g/mol. The molecule has 4 nitrogen and oxygen atoms in total. The number of aromatic hydroxyl groups is 1. The third kappa shape index (κ3) is 1.82. The van der Waals surface area contributed by atoms with E-state index in [1.54, 1.807) is 18.2 Å². The first-order valence-electron chi connectivity index (χ1n) is 5.44.